The quantitative estimate of drug-likeness (QED) is 0.633. The fourth-order valence-electron chi connectivity index (χ4n) is 8.00. The van der Waals surface area contributed by atoms with Gasteiger partial charge < -0.3 is 4.74 Å². The molecular formula is C21H27NO3. The summed E-state index contributed by atoms with van der Waals surface area (Å²) in [5, 5.41) is 9.57. The molecule has 1 spiro atoms. The number of ketones is 2. The lowest BCUT2D eigenvalue weighted by molar-refractivity contribution is -0.144. The molecule has 1 heterocycles. The minimum atomic E-state index is -0.752. The highest BCUT2D eigenvalue weighted by Crippen LogP contribution is 2.75. The molecule has 4 nitrogen and oxygen atoms in total. The molecule has 0 N–H and O–H groups in total. The van der Waals surface area contributed by atoms with Gasteiger partial charge in [-0.05, 0) is 63.2 Å². The highest BCUT2D eigenvalue weighted by molar-refractivity contribution is 5.96. The molecule has 0 aromatic carbocycles. The normalized spacial score (nSPS) is 59.3. The highest BCUT2D eigenvalue weighted by atomic mass is 16.6. The Balaban J connectivity index is 1.56. The molecule has 0 bridgehead atoms. The number of carbonyl (C=O) groups excluding carboxylic acids is 2. The third-order valence-corrected chi connectivity index (χ3v) is 9.39. The average molecular weight is 341 g/mol. The van der Waals surface area contributed by atoms with Crippen molar-refractivity contribution in [1.82, 2.24) is 0 Å². The topological polar surface area (TPSA) is 70.5 Å². The number of ether oxygens (including phenoxy) is 1. The summed E-state index contributed by atoms with van der Waals surface area (Å²) in [6.45, 7) is 6.39. The molecule has 5 aliphatic rings. The lowest BCUT2D eigenvalue weighted by Gasteiger charge is -2.59. The van der Waals surface area contributed by atoms with Gasteiger partial charge in [-0.15, -0.1) is 0 Å². The van der Waals surface area contributed by atoms with Crippen molar-refractivity contribution in [3.05, 3.63) is 0 Å². The first-order valence-electron chi connectivity index (χ1n) is 9.91. The summed E-state index contributed by atoms with van der Waals surface area (Å²) in [5.41, 5.74) is -1.36. The van der Waals surface area contributed by atoms with Gasteiger partial charge in [0.05, 0.1) is 6.07 Å². The zero-order valence-electron chi connectivity index (χ0n) is 15.4. The van der Waals surface area contributed by atoms with Crippen molar-refractivity contribution in [2.75, 3.05) is 0 Å². The van der Waals surface area contributed by atoms with Gasteiger partial charge in [0.25, 0.3) is 0 Å². The van der Waals surface area contributed by atoms with E-state index in [0.717, 1.165) is 38.5 Å². The Morgan fingerprint density at radius 2 is 1.84 bits per heavy atom. The van der Waals surface area contributed by atoms with Gasteiger partial charge >= 0.3 is 0 Å². The smallest absolute Gasteiger partial charge is 0.184 e. The van der Waals surface area contributed by atoms with Gasteiger partial charge in [-0.1, -0.05) is 13.8 Å². The van der Waals surface area contributed by atoms with Crippen LogP contribution in [-0.2, 0) is 14.3 Å². The summed E-state index contributed by atoms with van der Waals surface area (Å²) in [7, 11) is 0. The Morgan fingerprint density at radius 3 is 2.56 bits per heavy atom. The van der Waals surface area contributed by atoms with Crippen molar-refractivity contribution < 1.29 is 14.3 Å². The Hall–Kier alpha value is -1.21. The van der Waals surface area contributed by atoms with E-state index >= 15 is 0 Å². The first-order valence-corrected chi connectivity index (χ1v) is 9.91. The molecule has 0 aromatic rings. The number of hydrogen-bond acceptors (Lipinski definition) is 4. The molecule has 134 valence electrons. The van der Waals surface area contributed by atoms with E-state index in [-0.39, 0.29) is 22.2 Å². The van der Waals surface area contributed by atoms with Crippen LogP contribution in [0.25, 0.3) is 0 Å². The Kier molecular flexibility index (Phi) is 2.79. The molecule has 1 aliphatic heterocycles. The first kappa shape index (κ1) is 16.0. The van der Waals surface area contributed by atoms with E-state index in [1.807, 2.05) is 6.92 Å². The van der Waals surface area contributed by atoms with Crippen molar-refractivity contribution >= 4 is 11.6 Å². The van der Waals surface area contributed by atoms with Crippen molar-refractivity contribution in [2.45, 2.75) is 76.9 Å². The third kappa shape index (κ3) is 1.51. The van der Waals surface area contributed by atoms with Crippen LogP contribution in [0.4, 0.5) is 0 Å². The van der Waals surface area contributed by atoms with Crippen molar-refractivity contribution in [2.24, 2.45) is 34.5 Å². The highest BCUT2D eigenvalue weighted by Gasteiger charge is 2.84. The van der Waals surface area contributed by atoms with Crippen LogP contribution in [0.5, 0.6) is 0 Å². The van der Waals surface area contributed by atoms with Gasteiger partial charge in [0.1, 0.15) is 17.3 Å². The lowest BCUT2D eigenvalue weighted by atomic mass is 9.43. The number of carbonyl (C=O) groups is 2. The minimum absolute atomic E-state index is 0.00242. The van der Waals surface area contributed by atoms with Crippen LogP contribution in [0.3, 0.4) is 0 Å². The maximum atomic E-state index is 12.8. The number of nitriles is 1. The largest absolute Gasteiger partial charge is 0.354 e. The number of fused-ring (bicyclic) bond motifs is 4. The second-order valence-corrected chi connectivity index (χ2v) is 9.96. The van der Waals surface area contributed by atoms with E-state index in [1.165, 1.54) is 0 Å². The number of rotatable bonds is 0. The van der Waals surface area contributed by atoms with Crippen LogP contribution in [-0.4, -0.2) is 22.8 Å². The number of hydrogen-bond donors (Lipinski definition) is 0. The summed E-state index contributed by atoms with van der Waals surface area (Å²) in [5.74, 6) is 1.42. The third-order valence-electron chi connectivity index (χ3n) is 9.39. The second-order valence-electron chi connectivity index (χ2n) is 9.96. The molecule has 3 unspecified atom stereocenters. The molecule has 4 saturated carbocycles. The monoisotopic (exact) mass is 341 g/mol. The van der Waals surface area contributed by atoms with Crippen LogP contribution >= 0.6 is 0 Å². The molecule has 5 rings (SSSR count). The molecule has 1 saturated heterocycles. The van der Waals surface area contributed by atoms with Gasteiger partial charge in [-0.3, -0.25) is 9.59 Å². The molecule has 0 radical (unpaired) electrons. The zero-order chi connectivity index (χ0) is 17.8. The van der Waals surface area contributed by atoms with E-state index in [0.29, 0.717) is 30.0 Å². The maximum absolute atomic E-state index is 12.8. The minimum Gasteiger partial charge on any atom is -0.354 e. The molecular weight excluding hydrogens is 314 g/mol. The molecule has 4 aliphatic carbocycles. The molecule has 0 amide bonds. The molecule has 4 heteroatoms. The van der Waals surface area contributed by atoms with Crippen LogP contribution < -0.4 is 0 Å². The van der Waals surface area contributed by atoms with E-state index < -0.39 is 11.5 Å². The van der Waals surface area contributed by atoms with Crippen molar-refractivity contribution in [1.29, 1.82) is 5.26 Å². The van der Waals surface area contributed by atoms with Crippen LogP contribution in [0.2, 0.25) is 0 Å². The summed E-state index contributed by atoms with van der Waals surface area (Å²) in [4.78, 5) is 25.3. The van der Waals surface area contributed by atoms with E-state index in [2.05, 4.69) is 19.9 Å². The summed E-state index contributed by atoms with van der Waals surface area (Å²) < 4.78 is 6.24. The Bertz CT molecular complexity index is 740. The van der Waals surface area contributed by atoms with Crippen LogP contribution in [0.1, 0.15) is 65.7 Å². The second kappa shape index (κ2) is 4.36. The van der Waals surface area contributed by atoms with Crippen LogP contribution in [0.15, 0.2) is 0 Å². The van der Waals surface area contributed by atoms with Gasteiger partial charge in [-0.2, -0.15) is 5.26 Å². The van der Waals surface area contributed by atoms with Gasteiger partial charge in [-0.25, -0.2) is 0 Å². The van der Waals surface area contributed by atoms with Crippen molar-refractivity contribution in [3.63, 3.8) is 0 Å². The fraction of sp³-hybridized carbons (Fsp3) is 0.857. The molecule has 25 heavy (non-hydrogen) atoms. The average Bonchev–Trinajstić information content (AvgIpc) is 3.11. The molecule has 5 fully saturated rings. The summed E-state index contributed by atoms with van der Waals surface area (Å²) in [6, 6.07) is 2.26. The van der Waals surface area contributed by atoms with E-state index in [1.54, 1.807) is 0 Å². The maximum Gasteiger partial charge on any atom is 0.184 e. The number of Topliss-reactive ketones (excluding diaryl/α,β-unsaturated/α-hetero) is 2. The van der Waals surface area contributed by atoms with Crippen molar-refractivity contribution in [3.8, 4) is 6.07 Å². The first-order chi connectivity index (χ1) is 11.7. The van der Waals surface area contributed by atoms with E-state index in [9.17, 15) is 14.9 Å². The molecule has 8 atom stereocenters. The number of epoxide rings is 1. The standard InChI is InChI=1S/C21H27NO3/c1-18-8-7-15-13(14(18)4-5-16(18)23)6-9-21-19(15,2)10-12(11-22)17(24)20(21,3)25-21/h12-15H,4-10H2,1-3H3/t12?,13-,14-,15+,18-,19+,20?,21?/m0/s1. The SMILES string of the molecule is CC12OC13CC[C@@H]1[C@@H](CC[C@]4(C)C(=O)CC[C@@H]14)[C@@]3(C)CC(C#N)C2=O. The van der Waals surface area contributed by atoms with Gasteiger partial charge in [0, 0.05) is 17.3 Å². The zero-order valence-corrected chi connectivity index (χ0v) is 15.4. The lowest BCUT2D eigenvalue weighted by Crippen LogP contribution is -2.61. The number of nitrogens with zero attached hydrogens (tertiary/aromatic N) is 1. The van der Waals surface area contributed by atoms with Gasteiger partial charge in [0.2, 0.25) is 0 Å². The molecule has 0 aromatic heterocycles. The van der Waals surface area contributed by atoms with E-state index in [4.69, 9.17) is 4.74 Å². The summed E-state index contributed by atoms with van der Waals surface area (Å²) in [6.07, 6.45) is 6.37. The predicted octanol–water partition coefficient (Wildman–Crippen LogP) is 3.44. The predicted molar refractivity (Wildman–Crippen MR) is 90.3 cm³/mol. The summed E-state index contributed by atoms with van der Waals surface area (Å²) >= 11 is 0. The Morgan fingerprint density at radius 1 is 1.08 bits per heavy atom. The Labute approximate surface area is 149 Å². The van der Waals surface area contributed by atoms with Crippen LogP contribution in [0, 0.1) is 45.8 Å². The fourth-order valence-corrected chi connectivity index (χ4v) is 8.00. The van der Waals surface area contributed by atoms with Gasteiger partial charge in [0.15, 0.2) is 11.4 Å².